The third-order valence-corrected chi connectivity index (χ3v) is 4.57. The van der Waals surface area contributed by atoms with E-state index in [4.69, 9.17) is 9.47 Å². The number of benzene rings is 2. The summed E-state index contributed by atoms with van der Waals surface area (Å²) in [6.45, 7) is 4.72. The topological polar surface area (TPSA) is 67.9 Å². The molecule has 2 amide bonds. The van der Waals surface area contributed by atoms with E-state index in [9.17, 15) is 9.59 Å². The molecule has 152 valence electrons. The number of para-hydroxylation sites is 1. The number of carbonyl (C=O) groups is 2. The average Bonchev–Trinajstić information content (AvgIpc) is 2.96. The van der Waals surface area contributed by atoms with E-state index in [0.717, 1.165) is 5.69 Å². The van der Waals surface area contributed by atoms with Crippen molar-refractivity contribution in [1.82, 2.24) is 4.90 Å². The number of amides is 2. The maximum absolute atomic E-state index is 13.1. The standard InChI is InChI=1S/C23H26N2O4/c1-16(2)29-15-7-14-25-22(26)20(17-10-12-19(28-3)13-11-17)21(23(25)27)24-18-8-5-4-6-9-18/h4-6,8-13,16,24H,7,14-15H2,1-3H3. The number of hydrogen-bond acceptors (Lipinski definition) is 5. The van der Waals surface area contributed by atoms with Crippen LogP contribution in [-0.2, 0) is 14.3 Å². The van der Waals surface area contributed by atoms with Crippen LogP contribution in [0.5, 0.6) is 5.75 Å². The van der Waals surface area contributed by atoms with Crippen molar-refractivity contribution in [3.05, 3.63) is 65.9 Å². The molecule has 1 aliphatic heterocycles. The van der Waals surface area contributed by atoms with Crippen LogP contribution in [0, 0.1) is 0 Å². The van der Waals surface area contributed by atoms with Crippen LogP contribution in [0.3, 0.4) is 0 Å². The monoisotopic (exact) mass is 394 g/mol. The van der Waals surface area contributed by atoms with Crippen molar-refractivity contribution in [3.8, 4) is 5.75 Å². The molecule has 0 aromatic heterocycles. The lowest BCUT2D eigenvalue weighted by atomic mass is 10.0. The minimum Gasteiger partial charge on any atom is -0.497 e. The summed E-state index contributed by atoms with van der Waals surface area (Å²) < 4.78 is 10.7. The van der Waals surface area contributed by atoms with E-state index in [0.29, 0.717) is 36.5 Å². The molecule has 0 spiro atoms. The lowest BCUT2D eigenvalue weighted by Gasteiger charge is -2.16. The summed E-state index contributed by atoms with van der Waals surface area (Å²) in [4.78, 5) is 27.5. The predicted molar refractivity (Wildman–Crippen MR) is 112 cm³/mol. The van der Waals surface area contributed by atoms with Crippen molar-refractivity contribution in [2.24, 2.45) is 0 Å². The van der Waals surface area contributed by atoms with Gasteiger partial charge in [-0.1, -0.05) is 30.3 Å². The second-order valence-electron chi connectivity index (χ2n) is 7.00. The summed E-state index contributed by atoms with van der Waals surface area (Å²) in [6, 6.07) is 16.5. The molecule has 0 unspecified atom stereocenters. The van der Waals surface area contributed by atoms with Gasteiger partial charge in [0.2, 0.25) is 0 Å². The predicted octanol–water partition coefficient (Wildman–Crippen LogP) is 3.70. The fourth-order valence-electron chi connectivity index (χ4n) is 3.13. The smallest absolute Gasteiger partial charge is 0.278 e. The first-order valence-corrected chi connectivity index (χ1v) is 9.70. The van der Waals surface area contributed by atoms with Gasteiger partial charge in [0.15, 0.2) is 0 Å². The van der Waals surface area contributed by atoms with E-state index in [-0.39, 0.29) is 23.6 Å². The highest BCUT2D eigenvalue weighted by Crippen LogP contribution is 2.31. The molecule has 0 radical (unpaired) electrons. The largest absolute Gasteiger partial charge is 0.497 e. The highest BCUT2D eigenvalue weighted by Gasteiger charge is 2.38. The number of hydrogen-bond donors (Lipinski definition) is 1. The Bertz CT molecular complexity index is 889. The summed E-state index contributed by atoms with van der Waals surface area (Å²) in [5.41, 5.74) is 2.07. The van der Waals surface area contributed by atoms with Gasteiger partial charge < -0.3 is 14.8 Å². The van der Waals surface area contributed by atoms with Gasteiger partial charge in [0, 0.05) is 18.8 Å². The van der Waals surface area contributed by atoms with E-state index < -0.39 is 0 Å². The third kappa shape index (κ3) is 4.84. The number of anilines is 1. The molecule has 0 atom stereocenters. The molecule has 1 N–H and O–H groups in total. The van der Waals surface area contributed by atoms with Gasteiger partial charge >= 0.3 is 0 Å². The first-order valence-electron chi connectivity index (χ1n) is 9.70. The van der Waals surface area contributed by atoms with Gasteiger partial charge in [-0.3, -0.25) is 14.5 Å². The van der Waals surface area contributed by atoms with Gasteiger partial charge in [0.25, 0.3) is 11.8 Å². The zero-order valence-electron chi connectivity index (χ0n) is 17.0. The van der Waals surface area contributed by atoms with Crippen LogP contribution in [0.25, 0.3) is 5.57 Å². The molecular weight excluding hydrogens is 368 g/mol. The fraction of sp³-hybridized carbons (Fsp3) is 0.304. The molecule has 0 saturated carbocycles. The molecule has 0 aliphatic carbocycles. The van der Waals surface area contributed by atoms with Gasteiger partial charge in [-0.05, 0) is 50.1 Å². The number of ether oxygens (including phenoxy) is 2. The van der Waals surface area contributed by atoms with Crippen molar-refractivity contribution in [2.75, 3.05) is 25.6 Å². The zero-order chi connectivity index (χ0) is 20.8. The average molecular weight is 394 g/mol. The van der Waals surface area contributed by atoms with Crippen molar-refractivity contribution in [2.45, 2.75) is 26.4 Å². The maximum atomic E-state index is 13.1. The number of imide groups is 1. The number of carbonyl (C=O) groups excluding carboxylic acids is 2. The van der Waals surface area contributed by atoms with Crippen molar-refractivity contribution in [3.63, 3.8) is 0 Å². The second kappa shape index (κ2) is 9.39. The molecule has 1 aliphatic rings. The second-order valence-corrected chi connectivity index (χ2v) is 7.00. The van der Waals surface area contributed by atoms with E-state index in [2.05, 4.69) is 5.32 Å². The summed E-state index contributed by atoms with van der Waals surface area (Å²) in [6.07, 6.45) is 0.702. The number of methoxy groups -OCH3 is 1. The summed E-state index contributed by atoms with van der Waals surface area (Å²) >= 11 is 0. The molecule has 0 saturated heterocycles. The minimum atomic E-state index is -0.325. The Hall–Kier alpha value is -3.12. The van der Waals surface area contributed by atoms with Crippen LogP contribution in [0.4, 0.5) is 5.69 Å². The van der Waals surface area contributed by atoms with Crippen LogP contribution in [0.15, 0.2) is 60.3 Å². The Balaban J connectivity index is 1.88. The Labute approximate surface area is 171 Å². The quantitative estimate of drug-likeness (QED) is 0.519. The molecule has 2 aromatic rings. The third-order valence-electron chi connectivity index (χ3n) is 4.57. The summed E-state index contributed by atoms with van der Waals surface area (Å²) in [7, 11) is 1.59. The molecule has 2 aromatic carbocycles. The van der Waals surface area contributed by atoms with Gasteiger partial charge in [-0.15, -0.1) is 0 Å². The Morgan fingerprint density at radius 2 is 1.66 bits per heavy atom. The SMILES string of the molecule is COc1ccc(C2=C(Nc3ccccc3)C(=O)N(CCCOC(C)C)C2=O)cc1. The first-order chi connectivity index (χ1) is 14.0. The van der Waals surface area contributed by atoms with Crippen LogP contribution in [0.2, 0.25) is 0 Å². The fourth-order valence-corrected chi connectivity index (χ4v) is 3.13. The van der Waals surface area contributed by atoms with Gasteiger partial charge in [-0.2, -0.15) is 0 Å². The molecule has 1 heterocycles. The van der Waals surface area contributed by atoms with Crippen molar-refractivity contribution >= 4 is 23.1 Å². The molecule has 0 bridgehead atoms. The Kier molecular flexibility index (Phi) is 6.67. The molecular formula is C23H26N2O4. The molecule has 29 heavy (non-hydrogen) atoms. The van der Waals surface area contributed by atoms with Crippen molar-refractivity contribution in [1.29, 1.82) is 0 Å². The lowest BCUT2D eigenvalue weighted by molar-refractivity contribution is -0.137. The summed E-state index contributed by atoms with van der Waals surface area (Å²) in [5.74, 6) is 0.0590. The van der Waals surface area contributed by atoms with E-state index in [1.54, 1.807) is 31.4 Å². The minimum absolute atomic E-state index is 0.114. The van der Waals surface area contributed by atoms with Gasteiger partial charge in [-0.25, -0.2) is 0 Å². The highest BCUT2D eigenvalue weighted by atomic mass is 16.5. The van der Waals surface area contributed by atoms with E-state index in [1.165, 1.54) is 4.90 Å². The zero-order valence-corrected chi connectivity index (χ0v) is 17.0. The molecule has 3 rings (SSSR count). The normalized spacial score (nSPS) is 14.1. The van der Waals surface area contributed by atoms with Gasteiger partial charge in [0.05, 0.1) is 18.8 Å². The lowest BCUT2D eigenvalue weighted by Crippen LogP contribution is -2.34. The van der Waals surface area contributed by atoms with E-state index >= 15 is 0 Å². The summed E-state index contributed by atoms with van der Waals surface area (Å²) in [5, 5.41) is 3.14. The van der Waals surface area contributed by atoms with Crippen LogP contribution in [0.1, 0.15) is 25.8 Å². The van der Waals surface area contributed by atoms with Crippen LogP contribution in [-0.4, -0.2) is 43.1 Å². The molecule has 6 nitrogen and oxygen atoms in total. The van der Waals surface area contributed by atoms with Crippen LogP contribution < -0.4 is 10.1 Å². The highest BCUT2D eigenvalue weighted by molar-refractivity contribution is 6.36. The molecule has 6 heteroatoms. The Morgan fingerprint density at radius 1 is 0.966 bits per heavy atom. The first kappa shape index (κ1) is 20.6. The van der Waals surface area contributed by atoms with E-state index in [1.807, 2.05) is 44.2 Å². The number of nitrogens with zero attached hydrogens (tertiary/aromatic N) is 1. The molecule has 0 fully saturated rings. The number of nitrogens with one attached hydrogen (secondary N) is 1. The van der Waals surface area contributed by atoms with Gasteiger partial charge in [0.1, 0.15) is 11.4 Å². The maximum Gasteiger partial charge on any atom is 0.278 e. The Morgan fingerprint density at radius 3 is 2.28 bits per heavy atom. The van der Waals surface area contributed by atoms with Crippen molar-refractivity contribution < 1.29 is 19.1 Å². The van der Waals surface area contributed by atoms with Crippen LogP contribution >= 0.6 is 0 Å². The number of rotatable bonds is 9.